The van der Waals surface area contributed by atoms with Crippen LogP contribution in [0.2, 0.25) is 0 Å². The molecule has 0 spiro atoms. The number of rotatable bonds is 8. The second-order valence-electron chi connectivity index (χ2n) is 5.08. The van der Waals surface area contributed by atoms with Crippen LogP contribution in [0.25, 0.3) is 0 Å². The number of carbonyl (C=O) groups excluding carboxylic acids is 1. The molecule has 4 heteroatoms. The molecule has 22 heavy (non-hydrogen) atoms. The molecule has 0 unspecified atom stereocenters. The Morgan fingerprint density at radius 2 is 1.50 bits per heavy atom. The molecular formula is C18H22N2O2. The third-order valence-corrected chi connectivity index (χ3v) is 3.35. The van der Waals surface area contributed by atoms with Crippen LogP contribution in [-0.4, -0.2) is 25.7 Å². The molecule has 2 rings (SSSR count). The Kier molecular flexibility index (Phi) is 6.61. The highest BCUT2D eigenvalue weighted by Gasteiger charge is 2.17. The Labute approximate surface area is 131 Å². The van der Waals surface area contributed by atoms with Crippen LogP contribution in [0.4, 0.5) is 0 Å². The highest BCUT2D eigenvalue weighted by Crippen LogP contribution is 2.00. The van der Waals surface area contributed by atoms with Gasteiger partial charge in [-0.25, -0.2) is 0 Å². The Bertz CT molecular complexity index is 558. The zero-order valence-electron chi connectivity index (χ0n) is 12.8. The second kappa shape index (κ2) is 8.97. The first-order valence-corrected chi connectivity index (χ1v) is 7.37. The fourth-order valence-corrected chi connectivity index (χ4v) is 2.14. The third kappa shape index (κ3) is 5.31. The van der Waals surface area contributed by atoms with Crippen molar-refractivity contribution in [1.29, 1.82) is 0 Å². The van der Waals surface area contributed by atoms with E-state index in [2.05, 4.69) is 10.6 Å². The van der Waals surface area contributed by atoms with E-state index in [-0.39, 0.29) is 11.9 Å². The van der Waals surface area contributed by atoms with E-state index in [4.69, 9.17) is 4.74 Å². The molecule has 0 aromatic heterocycles. The Morgan fingerprint density at radius 1 is 0.955 bits per heavy atom. The van der Waals surface area contributed by atoms with Crippen LogP contribution in [0.3, 0.4) is 0 Å². The molecule has 1 atom stereocenters. The molecule has 0 aliphatic rings. The molecule has 2 aromatic carbocycles. The number of hydrogen-bond acceptors (Lipinski definition) is 3. The highest BCUT2D eigenvalue weighted by atomic mass is 16.5. The van der Waals surface area contributed by atoms with E-state index in [1.807, 2.05) is 60.7 Å². The zero-order chi connectivity index (χ0) is 15.6. The summed E-state index contributed by atoms with van der Waals surface area (Å²) in [4.78, 5) is 12.3. The minimum atomic E-state index is -0.367. The van der Waals surface area contributed by atoms with Gasteiger partial charge in [0.2, 0.25) is 5.91 Å². The Hall–Kier alpha value is -2.17. The predicted molar refractivity (Wildman–Crippen MR) is 87.2 cm³/mol. The van der Waals surface area contributed by atoms with Gasteiger partial charge in [0.25, 0.3) is 0 Å². The van der Waals surface area contributed by atoms with Crippen LogP contribution < -0.4 is 10.6 Å². The van der Waals surface area contributed by atoms with Gasteiger partial charge in [-0.15, -0.1) is 0 Å². The quantitative estimate of drug-likeness (QED) is 0.785. The lowest BCUT2D eigenvalue weighted by atomic mass is 10.2. The first-order chi connectivity index (χ1) is 10.8. The van der Waals surface area contributed by atoms with Crippen LogP contribution in [-0.2, 0) is 22.6 Å². The van der Waals surface area contributed by atoms with E-state index in [9.17, 15) is 4.79 Å². The molecule has 0 aliphatic carbocycles. The van der Waals surface area contributed by atoms with E-state index in [0.29, 0.717) is 19.7 Å². The topological polar surface area (TPSA) is 50.4 Å². The number of carbonyl (C=O) groups is 1. The summed E-state index contributed by atoms with van der Waals surface area (Å²) < 4.78 is 5.14. The maximum atomic E-state index is 12.3. The Morgan fingerprint density at radius 3 is 2.05 bits per heavy atom. The lowest BCUT2D eigenvalue weighted by molar-refractivity contribution is -0.124. The largest absolute Gasteiger partial charge is 0.383 e. The fourth-order valence-electron chi connectivity index (χ4n) is 2.14. The minimum absolute atomic E-state index is 0.0540. The molecule has 4 nitrogen and oxygen atoms in total. The smallest absolute Gasteiger partial charge is 0.239 e. The van der Waals surface area contributed by atoms with Crippen molar-refractivity contribution in [3.05, 3.63) is 71.8 Å². The molecule has 2 aromatic rings. The third-order valence-electron chi connectivity index (χ3n) is 3.35. The van der Waals surface area contributed by atoms with Gasteiger partial charge < -0.3 is 10.1 Å². The SMILES string of the molecule is COC[C@H](NCc1ccccc1)C(=O)NCc1ccccc1. The molecule has 116 valence electrons. The summed E-state index contributed by atoms with van der Waals surface area (Å²) in [5.74, 6) is -0.0540. The van der Waals surface area contributed by atoms with E-state index in [0.717, 1.165) is 11.1 Å². The second-order valence-corrected chi connectivity index (χ2v) is 5.08. The van der Waals surface area contributed by atoms with Gasteiger partial charge in [-0.05, 0) is 11.1 Å². The van der Waals surface area contributed by atoms with E-state index < -0.39 is 0 Å². The van der Waals surface area contributed by atoms with Gasteiger partial charge in [0.15, 0.2) is 0 Å². The Balaban J connectivity index is 1.85. The van der Waals surface area contributed by atoms with E-state index in [1.54, 1.807) is 7.11 Å². The van der Waals surface area contributed by atoms with Crippen molar-refractivity contribution in [2.24, 2.45) is 0 Å². The number of ether oxygens (including phenoxy) is 1. The summed E-state index contributed by atoms with van der Waals surface area (Å²) in [5, 5.41) is 6.17. The average Bonchev–Trinajstić information content (AvgIpc) is 2.58. The van der Waals surface area contributed by atoms with Crippen LogP contribution in [0.1, 0.15) is 11.1 Å². The van der Waals surface area contributed by atoms with Gasteiger partial charge in [0.05, 0.1) is 6.61 Å². The summed E-state index contributed by atoms with van der Waals surface area (Å²) >= 11 is 0. The van der Waals surface area contributed by atoms with Crippen molar-refractivity contribution in [2.75, 3.05) is 13.7 Å². The van der Waals surface area contributed by atoms with Crippen LogP contribution in [0.5, 0.6) is 0 Å². The molecule has 2 N–H and O–H groups in total. The van der Waals surface area contributed by atoms with Crippen molar-refractivity contribution >= 4 is 5.91 Å². The van der Waals surface area contributed by atoms with E-state index >= 15 is 0 Å². The van der Waals surface area contributed by atoms with Crippen molar-refractivity contribution in [2.45, 2.75) is 19.1 Å². The van der Waals surface area contributed by atoms with Crippen molar-refractivity contribution in [3.8, 4) is 0 Å². The summed E-state index contributed by atoms with van der Waals surface area (Å²) in [6.45, 7) is 1.49. The zero-order valence-corrected chi connectivity index (χ0v) is 12.8. The molecule has 0 heterocycles. The van der Waals surface area contributed by atoms with Crippen molar-refractivity contribution in [3.63, 3.8) is 0 Å². The van der Waals surface area contributed by atoms with Gasteiger partial charge >= 0.3 is 0 Å². The van der Waals surface area contributed by atoms with Crippen LogP contribution >= 0.6 is 0 Å². The molecule has 0 aliphatic heterocycles. The monoisotopic (exact) mass is 298 g/mol. The molecular weight excluding hydrogens is 276 g/mol. The normalized spacial score (nSPS) is 11.9. The van der Waals surface area contributed by atoms with Crippen LogP contribution in [0.15, 0.2) is 60.7 Å². The number of hydrogen-bond donors (Lipinski definition) is 2. The van der Waals surface area contributed by atoms with Gasteiger partial charge in [-0.3, -0.25) is 10.1 Å². The lowest BCUT2D eigenvalue weighted by Crippen LogP contribution is -2.46. The lowest BCUT2D eigenvalue weighted by Gasteiger charge is -2.18. The number of nitrogens with one attached hydrogen (secondary N) is 2. The summed E-state index contributed by atoms with van der Waals surface area (Å²) in [5.41, 5.74) is 2.22. The average molecular weight is 298 g/mol. The predicted octanol–water partition coefficient (Wildman–Crippen LogP) is 2.11. The van der Waals surface area contributed by atoms with Crippen LogP contribution in [0, 0.1) is 0 Å². The summed E-state index contributed by atoms with van der Waals surface area (Å²) in [7, 11) is 1.60. The first kappa shape index (κ1) is 16.2. The summed E-state index contributed by atoms with van der Waals surface area (Å²) in [6, 6.07) is 19.5. The number of benzene rings is 2. The van der Waals surface area contributed by atoms with Gasteiger partial charge in [0.1, 0.15) is 6.04 Å². The van der Waals surface area contributed by atoms with Crippen molar-refractivity contribution in [1.82, 2.24) is 10.6 Å². The minimum Gasteiger partial charge on any atom is -0.383 e. The first-order valence-electron chi connectivity index (χ1n) is 7.37. The van der Waals surface area contributed by atoms with Crippen molar-refractivity contribution < 1.29 is 9.53 Å². The van der Waals surface area contributed by atoms with E-state index in [1.165, 1.54) is 0 Å². The summed E-state index contributed by atoms with van der Waals surface area (Å²) in [6.07, 6.45) is 0. The molecule has 0 saturated carbocycles. The molecule has 0 fully saturated rings. The fraction of sp³-hybridized carbons (Fsp3) is 0.278. The molecule has 0 saturated heterocycles. The number of amides is 1. The van der Waals surface area contributed by atoms with Gasteiger partial charge in [-0.2, -0.15) is 0 Å². The van der Waals surface area contributed by atoms with Gasteiger partial charge in [0, 0.05) is 20.2 Å². The maximum absolute atomic E-state index is 12.3. The highest BCUT2D eigenvalue weighted by molar-refractivity contribution is 5.81. The molecule has 0 radical (unpaired) electrons. The standard InChI is InChI=1S/C18H22N2O2/c1-22-14-17(19-12-15-8-4-2-5-9-15)18(21)20-13-16-10-6-3-7-11-16/h2-11,17,19H,12-14H2,1H3,(H,20,21)/t17-/m0/s1. The maximum Gasteiger partial charge on any atom is 0.239 e. The van der Waals surface area contributed by atoms with Gasteiger partial charge in [-0.1, -0.05) is 60.7 Å². The number of methoxy groups -OCH3 is 1. The molecule has 0 bridgehead atoms. The molecule has 1 amide bonds.